The van der Waals surface area contributed by atoms with Gasteiger partial charge in [-0.3, -0.25) is 4.52 Å². The van der Waals surface area contributed by atoms with Crippen LogP contribution in [0.25, 0.3) is 21.5 Å². The fraction of sp³-hybridized carbons (Fsp3) is 0.263. The molecule has 136 valence electrons. The van der Waals surface area contributed by atoms with Crippen molar-refractivity contribution in [1.82, 2.24) is 0 Å². The van der Waals surface area contributed by atoms with Gasteiger partial charge in [0.05, 0.1) is 12.7 Å². The maximum Gasteiger partial charge on any atom is 0.469 e. The first-order valence-electron chi connectivity index (χ1n) is 8.36. The Balaban J connectivity index is 1.66. The van der Waals surface area contributed by atoms with Crippen molar-refractivity contribution in [3.05, 3.63) is 60.2 Å². The summed E-state index contributed by atoms with van der Waals surface area (Å²) in [5, 5.41) is 14.0. The van der Waals surface area contributed by atoms with E-state index < -0.39 is 20.0 Å². The van der Waals surface area contributed by atoms with Crippen molar-refractivity contribution in [2.75, 3.05) is 6.61 Å². The van der Waals surface area contributed by atoms with Crippen molar-refractivity contribution in [1.29, 1.82) is 0 Å². The van der Waals surface area contributed by atoms with Crippen LogP contribution in [0.2, 0.25) is 0 Å². The third-order valence-electron chi connectivity index (χ3n) is 4.79. The lowest BCUT2D eigenvalue weighted by Crippen LogP contribution is -2.26. The Kier molecular flexibility index (Phi) is 4.57. The van der Waals surface area contributed by atoms with Gasteiger partial charge in [0, 0.05) is 6.42 Å². The van der Waals surface area contributed by atoms with Gasteiger partial charge in [-0.1, -0.05) is 48.5 Å². The second-order valence-electron chi connectivity index (χ2n) is 6.48. The average molecular weight is 374 g/mol. The Bertz CT molecular complexity index is 998. The number of rotatable bonds is 4. The van der Waals surface area contributed by atoms with Gasteiger partial charge in [0.1, 0.15) is 12.2 Å². The smallest absolute Gasteiger partial charge is 0.394 e. The van der Waals surface area contributed by atoms with Crippen molar-refractivity contribution >= 4 is 29.4 Å². The van der Waals surface area contributed by atoms with Crippen molar-refractivity contribution in [3.63, 3.8) is 0 Å². The zero-order valence-corrected chi connectivity index (χ0v) is 14.8. The molecule has 3 aromatic rings. The van der Waals surface area contributed by atoms with E-state index in [0.29, 0.717) is 0 Å². The molecule has 7 heteroatoms. The van der Waals surface area contributed by atoms with Gasteiger partial charge < -0.3 is 19.6 Å². The van der Waals surface area contributed by atoms with E-state index >= 15 is 0 Å². The molecule has 0 unspecified atom stereocenters. The lowest BCUT2D eigenvalue weighted by molar-refractivity contribution is -0.0221. The van der Waals surface area contributed by atoms with E-state index in [0.717, 1.165) is 16.3 Å². The van der Waals surface area contributed by atoms with Gasteiger partial charge in [-0.05, 0) is 33.2 Å². The highest BCUT2D eigenvalue weighted by Crippen LogP contribution is 2.45. The SMILES string of the molecule is O=P(O)(O)O[C@H]1C[C@H](c2ccc3c(ccc4ccccc43)c2)O[C@@H]1CO. The largest absolute Gasteiger partial charge is 0.469 e. The molecule has 1 saturated heterocycles. The van der Waals surface area contributed by atoms with Crippen LogP contribution in [-0.4, -0.2) is 33.7 Å². The summed E-state index contributed by atoms with van der Waals surface area (Å²) in [6.07, 6.45) is -1.73. The van der Waals surface area contributed by atoms with Crippen molar-refractivity contribution in [2.24, 2.45) is 0 Å². The Morgan fingerprint density at radius 1 is 1.04 bits per heavy atom. The second kappa shape index (κ2) is 6.74. The highest BCUT2D eigenvalue weighted by atomic mass is 31.2. The highest BCUT2D eigenvalue weighted by Gasteiger charge is 2.40. The summed E-state index contributed by atoms with van der Waals surface area (Å²) < 4.78 is 21.7. The van der Waals surface area contributed by atoms with E-state index in [2.05, 4.69) is 18.2 Å². The molecule has 1 aliphatic rings. The summed E-state index contributed by atoms with van der Waals surface area (Å²) in [6, 6.07) is 18.3. The molecule has 3 N–H and O–H groups in total. The zero-order valence-electron chi connectivity index (χ0n) is 13.9. The number of aliphatic hydroxyl groups excluding tert-OH is 1. The average Bonchev–Trinajstić information content (AvgIpc) is 3.02. The van der Waals surface area contributed by atoms with E-state index in [1.54, 1.807) is 0 Å². The summed E-state index contributed by atoms with van der Waals surface area (Å²) in [5.74, 6) is 0. The van der Waals surface area contributed by atoms with Gasteiger partial charge in [-0.15, -0.1) is 0 Å². The first kappa shape index (κ1) is 17.6. The Labute approximate surface area is 150 Å². The van der Waals surface area contributed by atoms with Crippen molar-refractivity contribution in [2.45, 2.75) is 24.7 Å². The summed E-state index contributed by atoms with van der Waals surface area (Å²) in [5.41, 5.74) is 0.892. The van der Waals surface area contributed by atoms with Gasteiger partial charge >= 0.3 is 7.82 Å². The van der Waals surface area contributed by atoms with Crippen LogP contribution in [0.4, 0.5) is 0 Å². The molecule has 3 atom stereocenters. The fourth-order valence-corrected chi connectivity index (χ4v) is 4.19. The molecule has 4 rings (SSSR count). The van der Waals surface area contributed by atoms with Crippen LogP contribution in [0.15, 0.2) is 54.6 Å². The van der Waals surface area contributed by atoms with Crippen LogP contribution in [0.1, 0.15) is 18.1 Å². The number of phosphoric ester groups is 1. The summed E-state index contributed by atoms with van der Waals surface area (Å²) in [6.45, 7) is -0.362. The molecule has 3 aromatic carbocycles. The molecule has 0 bridgehead atoms. The zero-order chi connectivity index (χ0) is 18.3. The van der Waals surface area contributed by atoms with E-state index in [4.69, 9.17) is 19.0 Å². The molecule has 0 aromatic heterocycles. The lowest BCUT2D eigenvalue weighted by Gasteiger charge is -2.16. The number of phosphoric acid groups is 1. The Morgan fingerprint density at radius 2 is 1.77 bits per heavy atom. The van der Waals surface area contributed by atoms with Crippen molar-refractivity contribution < 1.29 is 28.7 Å². The lowest BCUT2D eigenvalue weighted by atomic mass is 9.97. The number of benzene rings is 3. The number of fused-ring (bicyclic) bond motifs is 3. The first-order valence-corrected chi connectivity index (χ1v) is 9.89. The molecule has 1 aliphatic heterocycles. The Hall–Kier alpha value is -1.79. The fourth-order valence-electron chi connectivity index (χ4n) is 3.61. The molecule has 6 nitrogen and oxygen atoms in total. The minimum atomic E-state index is -4.64. The number of ether oxygens (including phenoxy) is 1. The third kappa shape index (κ3) is 3.40. The molecule has 1 heterocycles. The van der Waals surface area contributed by atoms with Crippen LogP contribution >= 0.6 is 7.82 Å². The molecule has 0 spiro atoms. The quantitative estimate of drug-likeness (QED) is 0.479. The first-order chi connectivity index (χ1) is 12.4. The molecule has 26 heavy (non-hydrogen) atoms. The molecule has 0 saturated carbocycles. The van der Waals surface area contributed by atoms with Gasteiger partial charge in [-0.2, -0.15) is 0 Å². The predicted molar refractivity (Wildman–Crippen MR) is 97.7 cm³/mol. The number of aliphatic hydroxyl groups is 1. The van der Waals surface area contributed by atoms with Gasteiger partial charge in [-0.25, -0.2) is 4.57 Å². The van der Waals surface area contributed by atoms with Crippen LogP contribution in [0.3, 0.4) is 0 Å². The molecule has 0 aliphatic carbocycles. The maximum atomic E-state index is 11.1. The predicted octanol–water partition coefficient (Wildman–Crippen LogP) is 3.29. The number of hydrogen-bond acceptors (Lipinski definition) is 4. The van der Waals surface area contributed by atoms with Gasteiger partial charge in [0.2, 0.25) is 0 Å². The second-order valence-corrected chi connectivity index (χ2v) is 7.68. The molecular weight excluding hydrogens is 355 g/mol. The summed E-state index contributed by atoms with van der Waals surface area (Å²) >= 11 is 0. The molecule has 0 radical (unpaired) electrons. The van der Waals surface area contributed by atoms with Crippen LogP contribution in [-0.2, 0) is 13.8 Å². The van der Waals surface area contributed by atoms with Crippen LogP contribution < -0.4 is 0 Å². The Morgan fingerprint density at radius 3 is 2.54 bits per heavy atom. The van der Waals surface area contributed by atoms with E-state index in [1.807, 2.05) is 36.4 Å². The minimum absolute atomic E-state index is 0.273. The third-order valence-corrected chi connectivity index (χ3v) is 5.34. The normalized spacial score (nSPS) is 23.7. The molecular formula is C19H19O6P. The van der Waals surface area contributed by atoms with Gasteiger partial charge in [0.25, 0.3) is 0 Å². The van der Waals surface area contributed by atoms with Crippen molar-refractivity contribution in [3.8, 4) is 0 Å². The van der Waals surface area contributed by atoms with E-state index in [1.165, 1.54) is 10.8 Å². The van der Waals surface area contributed by atoms with Gasteiger partial charge in [0.15, 0.2) is 0 Å². The summed E-state index contributed by atoms with van der Waals surface area (Å²) in [4.78, 5) is 18.1. The molecule has 0 amide bonds. The standard InChI is InChI=1S/C19H19O6P/c20-11-19-18(25-26(21,22)23)10-17(24-19)14-7-8-16-13(9-14)6-5-12-3-1-2-4-15(12)16/h1-9,17-20H,10-11H2,(H2,21,22,23)/t17-,18+,19-/m1/s1. The summed E-state index contributed by atoms with van der Waals surface area (Å²) in [7, 11) is -4.64. The van der Waals surface area contributed by atoms with Crippen LogP contribution in [0, 0.1) is 0 Å². The maximum absolute atomic E-state index is 11.1. The van der Waals surface area contributed by atoms with Crippen LogP contribution in [0.5, 0.6) is 0 Å². The molecule has 1 fully saturated rings. The minimum Gasteiger partial charge on any atom is -0.394 e. The number of hydrogen-bond donors (Lipinski definition) is 3. The monoisotopic (exact) mass is 374 g/mol. The highest BCUT2D eigenvalue weighted by molar-refractivity contribution is 7.46. The van der Waals surface area contributed by atoms with E-state index in [9.17, 15) is 9.67 Å². The van der Waals surface area contributed by atoms with E-state index in [-0.39, 0.29) is 19.1 Å². The topological polar surface area (TPSA) is 96.2 Å².